The summed E-state index contributed by atoms with van der Waals surface area (Å²) in [5.74, 6) is -3.27. The molecule has 0 aromatic heterocycles. The molecule has 1 aliphatic heterocycles. The summed E-state index contributed by atoms with van der Waals surface area (Å²) >= 11 is 0. The second-order valence-corrected chi connectivity index (χ2v) is 9.11. The molecular formula is C30H29NO11. The van der Waals surface area contributed by atoms with Crippen LogP contribution in [0.3, 0.4) is 0 Å². The van der Waals surface area contributed by atoms with Gasteiger partial charge >= 0.3 is 11.9 Å². The number of hydrogen-bond donors (Lipinski definition) is 2. The number of methoxy groups -OCH3 is 1. The lowest BCUT2D eigenvalue weighted by atomic mass is 10.1. The Morgan fingerprint density at radius 1 is 0.857 bits per heavy atom. The topological polar surface area (TPSA) is 174 Å². The second-order valence-electron chi connectivity index (χ2n) is 9.11. The van der Waals surface area contributed by atoms with E-state index in [0.717, 1.165) is 0 Å². The Morgan fingerprint density at radius 2 is 1.45 bits per heavy atom. The summed E-state index contributed by atoms with van der Waals surface area (Å²) < 4.78 is 10.6. The largest absolute Gasteiger partial charge is 0.508 e. The molecular weight excluding hydrogens is 550 g/mol. The van der Waals surface area contributed by atoms with E-state index in [2.05, 4.69) is 0 Å². The van der Waals surface area contributed by atoms with Crippen molar-refractivity contribution in [2.75, 3.05) is 7.11 Å². The van der Waals surface area contributed by atoms with Crippen molar-refractivity contribution in [1.29, 1.82) is 0 Å². The highest BCUT2D eigenvalue weighted by molar-refractivity contribution is 6.11. The van der Waals surface area contributed by atoms with E-state index >= 15 is 0 Å². The fourth-order valence-corrected chi connectivity index (χ4v) is 3.73. The highest BCUT2D eigenvalue weighted by atomic mass is 16.7. The second kappa shape index (κ2) is 15.1. The van der Waals surface area contributed by atoms with Crippen molar-refractivity contribution in [3.8, 4) is 17.2 Å². The van der Waals surface area contributed by atoms with E-state index in [9.17, 15) is 39.0 Å². The molecule has 2 N–H and O–H groups in total. The van der Waals surface area contributed by atoms with Crippen LogP contribution in [0.5, 0.6) is 17.2 Å². The number of aliphatic hydroxyl groups excluding tert-OH is 1. The van der Waals surface area contributed by atoms with Gasteiger partial charge in [-0.3, -0.25) is 24.0 Å². The van der Waals surface area contributed by atoms with Gasteiger partial charge < -0.3 is 24.5 Å². The van der Waals surface area contributed by atoms with E-state index in [1.165, 1.54) is 55.7 Å². The summed E-state index contributed by atoms with van der Waals surface area (Å²) in [7, 11) is 1.37. The number of nitrogens with zero attached hydrogens (tertiary/aromatic N) is 1. The third-order valence-electron chi connectivity index (χ3n) is 5.92. The Kier molecular flexibility index (Phi) is 11.3. The van der Waals surface area contributed by atoms with Crippen LogP contribution in [0.4, 0.5) is 0 Å². The van der Waals surface area contributed by atoms with Crippen molar-refractivity contribution in [1.82, 2.24) is 5.06 Å². The van der Waals surface area contributed by atoms with Crippen LogP contribution in [0, 0.1) is 0 Å². The lowest BCUT2D eigenvalue weighted by Crippen LogP contribution is -2.32. The Labute approximate surface area is 240 Å². The van der Waals surface area contributed by atoms with Crippen molar-refractivity contribution < 1.29 is 53.3 Å². The molecule has 1 heterocycles. The Balaban J connectivity index is 1.47. The number of carbonyl (C=O) groups is 6. The molecule has 0 unspecified atom stereocenters. The van der Waals surface area contributed by atoms with E-state index in [-0.39, 0.29) is 62.4 Å². The summed E-state index contributed by atoms with van der Waals surface area (Å²) in [6.07, 6.45) is 4.74. The van der Waals surface area contributed by atoms with Gasteiger partial charge in [-0.1, -0.05) is 24.3 Å². The van der Waals surface area contributed by atoms with Crippen LogP contribution in [0.15, 0.2) is 48.6 Å². The molecule has 0 saturated carbocycles. The molecule has 0 atom stereocenters. The molecule has 12 nitrogen and oxygen atoms in total. The highest BCUT2D eigenvalue weighted by Crippen LogP contribution is 2.29. The molecule has 2 aromatic rings. The van der Waals surface area contributed by atoms with Crippen LogP contribution < -0.4 is 9.47 Å². The number of hydrogen-bond acceptors (Lipinski definition) is 11. The van der Waals surface area contributed by atoms with Crippen LogP contribution in [-0.2, 0) is 40.2 Å². The van der Waals surface area contributed by atoms with Crippen molar-refractivity contribution in [2.45, 2.75) is 45.1 Å². The van der Waals surface area contributed by atoms with Gasteiger partial charge in [-0.25, -0.2) is 4.79 Å². The monoisotopic (exact) mass is 579 g/mol. The van der Waals surface area contributed by atoms with Crippen molar-refractivity contribution >= 4 is 47.5 Å². The number of ketones is 2. The lowest BCUT2D eigenvalue weighted by molar-refractivity contribution is -0.197. The van der Waals surface area contributed by atoms with Gasteiger partial charge in [0.05, 0.1) is 20.1 Å². The molecule has 0 aliphatic carbocycles. The zero-order valence-corrected chi connectivity index (χ0v) is 22.7. The first-order chi connectivity index (χ1) is 20.1. The van der Waals surface area contributed by atoms with Crippen LogP contribution in [-0.4, -0.2) is 57.7 Å². The molecule has 0 bridgehead atoms. The first kappa shape index (κ1) is 31.4. The fourth-order valence-electron chi connectivity index (χ4n) is 3.73. The number of imide groups is 1. The van der Waals surface area contributed by atoms with Gasteiger partial charge in [0, 0.05) is 31.2 Å². The van der Waals surface area contributed by atoms with Crippen molar-refractivity contribution in [3.05, 3.63) is 65.2 Å². The van der Waals surface area contributed by atoms with Crippen LogP contribution in [0.2, 0.25) is 0 Å². The van der Waals surface area contributed by atoms with Crippen LogP contribution in [0.1, 0.15) is 55.2 Å². The quantitative estimate of drug-likeness (QED) is 0.111. The number of carbonyl (C=O) groups excluding carboxylic acids is 6. The number of aromatic hydroxyl groups is 1. The van der Waals surface area contributed by atoms with Crippen LogP contribution >= 0.6 is 0 Å². The minimum atomic E-state index is -0.818. The average Bonchev–Trinajstić information content (AvgIpc) is 3.28. The van der Waals surface area contributed by atoms with Crippen molar-refractivity contribution in [2.24, 2.45) is 0 Å². The summed E-state index contributed by atoms with van der Waals surface area (Å²) in [4.78, 5) is 76.2. The number of phenols is 1. The lowest BCUT2D eigenvalue weighted by Gasteiger charge is -2.12. The number of hydroxylamine groups is 2. The number of aliphatic hydroxyl groups is 1. The molecule has 220 valence electrons. The maximum Gasteiger partial charge on any atom is 0.333 e. The summed E-state index contributed by atoms with van der Waals surface area (Å²) in [6.45, 7) is -0.355. The van der Waals surface area contributed by atoms with E-state index in [1.54, 1.807) is 12.1 Å². The maximum absolute atomic E-state index is 12.2. The molecule has 0 radical (unpaired) electrons. The number of benzene rings is 2. The van der Waals surface area contributed by atoms with Gasteiger partial charge in [0.1, 0.15) is 5.75 Å². The molecule has 2 aromatic carbocycles. The molecule has 3 rings (SSSR count). The minimum Gasteiger partial charge on any atom is -0.508 e. The molecule has 12 heteroatoms. The Hall–Kier alpha value is -5.10. The zero-order chi connectivity index (χ0) is 30.6. The van der Waals surface area contributed by atoms with Gasteiger partial charge in [0.25, 0.3) is 11.8 Å². The highest BCUT2D eigenvalue weighted by Gasteiger charge is 2.32. The smallest absolute Gasteiger partial charge is 0.333 e. The molecule has 0 spiro atoms. The standard InChI is InChI=1S/C30H29NO11/c1-40-26-16-20(6-10-23(34)17-22(33)9-5-19-7-11-24(35)21(15-19)18-32)8-12-25(26)41-29(38)3-2-4-30(39)42-31-27(36)13-14-28(31)37/h5-12,15-16,32,35H,2-4,13-14,17-18H2,1H3/b9-5-,10-6-. The summed E-state index contributed by atoms with van der Waals surface area (Å²) in [5.41, 5.74) is 1.43. The average molecular weight is 580 g/mol. The normalized spacial score (nSPS) is 13.1. The number of allylic oxidation sites excluding steroid dienone is 2. The van der Waals surface area contributed by atoms with E-state index < -0.39 is 35.3 Å². The summed E-state index contributed by atoms with van der Waals surface area (Å²) in [5, 5.41) is 19.3. The van der Waals surface area contributed by atoms with E-state index in [1.807, 2.05) is 0 Å². The predicted molar refractivity (Wildman–Crippen MR) is 146 cm³/mol. The molecule has 2 amide bonds. The third kappa shape index (κ3) is 9.24. The number of esters is 1. The minimum absolute atomic E-state index is 0.0146. The first-order valence-electron chi connectivity index (χ1n) is 12.9. The predicted octanol–water partition coefficient (Wildman–Crippen LogP) is 2.83. The number of rotatable bonds is 14. The first-order valence-corrected chi connectivity index (χ1v) is 12.9. The number of ether oxygens (including phenoxy) is 2. The van der Waals surface area contributed by atoms with E-state index in [4.69, 9.17) is 14.3 Å². The van der Waals surface area contributed by atoms with Gasteiger partial charge in [0.2, 0.25) is 0 Å². The van der Waals surface area contributed by atoms with Gasteiger partial charge in [0.15, 0.2) is 23.1 Å². The van der Waals surface area contributed by atoms with E-state index in [0.29, 0.717) is 21.8 Å². The number of amides is 2. The SMILES string of the molecule is COc1cc(/C=C\C(=O)CC(=O)/C=C\c2ccc(O)c(CO)c2)ccc1OC(=O)CCCC(=O)ON1C(=O)CCC1=O. The molecule has 42 heavy (non-hydrogen) atoms. The molecule has 1 fully saturated rings. The fraction of sp³-hybridized carbons (Fsp3) is 0.267. The van der Waals surface area contributed by atoms with Gasteiger partial charge in [-0.15, -0.1) is 5.06 Å². The van der Waals surface area contributed by atoms with Crippen LogP contribution in [0.25, 0.3) is 12.2 Å². The zero-order valence-electron chi connectivity index (χ0n) is 22.7. The maximum atomic E-state index is 12.2. The molecule has 1 aliphatic rings. The third-order valence-corrected chi connectivity index (χ3v) is 5.92. The Morgan fingerprint density at radius 3 is 2.07 bits per heavy atom. The molecule has 1 saturated heterocycles. The van der Waals surface area contributed by atoms with Gasteiger partial charge in [-0.2, -0.15) is 0 Å². The van der Waals surface area contributed by atoms with Gasteiger partial charge in [-0.05, 0) is 54.0 Å². The summed E-state index contributed by atoms with van der Waals surface area (Å²) in [6, 6.07) is 9.05. The Bertz CT molecular complexity index is 1420. The van der Waals surface area contributed by atoms with Crippen molar-refractivity contribution in [3.63, 3.8) is 0 Å².